The summed E-state index contributed by atoms with van der Waals surface area (Å²) in [5.41, 5.74) is 4.83. The minimum absolute atomic E-state index is 0.349. The summed E-state index contributed by atoms with van der Waals surface area (Å²) < 4.78 is 0. The Labute approximate surface area is 108 Å². The van der Waals surface area contributed by atoms with E-state index in [1.165, 1.54) is 11.1 Å². The number of nitrogens with zero attached hydrogens (tertiary/aromatic N) is 3. The molecular formula is C15H17N3. The van der Waals surface area contributed by atoms with Gasteiger partial charge < -0.3 is 4.90 Å². The third-order valence-electron chi connectivity index (χ3n) is 3.54. The molecule has 1 atom stereocenters. The van der Waals surface area contributed by atoms with Crippen LogP contribution < -0.4 is 4.90 Å². The molecule has 3 rings (SSSR count). The highest BCUT2D eigenvalue weighted by Gasteiger charge is 2.28. The normalized spacial score (nSPS) is 17.9. The molecule has 0 fully saturated rings. The average molecular weight is 239 g/mol. The van der Waals surface area contributed by atoms with Gasteiger partial charge in [-0.2, -0.15) is 0 Å². The molecule has 1 aromatic heterocycles. The molecule has 0 saturated heterocycles. The lowest BCUT2D eigenvalue weighted by Crippen LogP contribution is -2.22. The Morgan fingerprint density at radius 3 is 2.44 bits per heavy atom. The molecule has 0 saturated carbocycles. The Bertz CT molecular complexity index is 572. The van der Waals surface area contributed by atoms with Gasteiger partial charge in [-0.25, -0.2) is 9.97 Å². The maximum atomic E-state index is 4.56. The van der Waals surface area contributed by atoms with Crippen molar-refractivity contribution in [1.29, 1.82) is 0 Å². The molecule has 18 heavy (non-hydrogen) atoms. The standard InChI is InChI=1S/C15H17N3/c1-10-8-11(2)17-15(16-10)18-9-13-6-4-5-7-14(13)12(18)3/h4-8,12H,9H2,1-3H3. The highest BCUT2D eigenvalue weighted by atomic mass is 15.3. The molecule has 2 aromatic rings. The largest absolute Gasteiger partial charge is 0.330 e. The van der Waals surface area contributed by atoms with E-state index in [2.05, 4.69) is 46.1 Å². The van der Waals surface area contributed by atoms with Crippen LogP contribution in [0.4, 0.5) is 5.95 Å². The van der Waals surface area contributed by atoms with E-state index in [1.807, 2.05) is 19.9 Å². The van der Waals surface area contributed by atoms with Gasteiger partial charge in [0.2, 0.25) is 5.95 Å². The Morgan fingerprint density at radius 1 is 1.11 bits per heavy atom. The molecule has 1 aromatic carbocycles. The second-order valence-electron chi connectivity index (χ2n) is 4.95. The first-order chi connectivity index (χ1) is 8.65. The second-order valence-corrected chi connectivity index (χ2v) is 4.95. The van der Waals surface area contributed by atoms with Gasteiger partial charge in [0.25, 0.3) is 0 Å². The van der Waals surface area contributed by atoms with E-state index in [1.54, 1.807) is 0 Å². The van der Waals surface area contributed by atoms with Crippen molar-refractivity contribution >= 4 is 5.95 Å². The van der Waals surface area contributed by atoms with Crippen LogP contribution in [-0.2, 0) is 6.54 Å². The van der Waals surface area contributed by atoms with Crippen LogP contribution in [0.25, 0.3) is 0 Å². The second kappa shape index (κ2) is 4.09. The number of rotatable bonds is 1. The molecule has 1 unspecified atom stereocenters. The fourth-order valence-electron chi connectivity index (χ4n) is 2.65. The van der Waals surface area contributed by atoms with Crippen LogP contribution in [0.2, 0.25) is 0 Å². The Morgan fingerprint density at radius 2 is 1.78 bits per heavy atom. The van der Waals surface area contributed by atoms with Crippen molar-refractivity contribution in [1.82, 2.24) is 9.97 Å². The zero-order valence-electron chi connectivity index (χ0n) is 11.0. The van der Waals surface area contributed by atoms with Crippen LogP contribution >= 0.6 is 0 Å². The van der Waals surface area contributed by atoms with E-state index < -0.39 is 0 Å². The van der Waals surface area contributed by atoms with Crippen molar-refractivity contribution in [3.8, 4) is 0 Å². The summed E-state index contributed by atoms with van der Waals surface area (Å²) in [7, 11) is 0. The number of aryl methyl sites for hydroxylation is 2. The Balaban J connectivity index is 2.01. The van der Waals surface area contributed by atoms with Crippen molar-refractivity contribution < 1.29 is 0 Å². The van der Waals surface area contributed by atoms with Gasteiger partial charge in [0.1, 0.15) is 0 Å². The predicted molar refractivity (Wildman–Crippen MR) is 72.5 cm³/mol. The summed E-state index contributed by atoms with van der Waals surface area (Å²) in [6.07, 6.45) is 0. The van der Waals surface area contributed by atoms with E-state index in [0.29, 0.717) is 6.04 Å². The molecule has 2 heterocycles. The molecule has 3 nitrogen and oxygen atoms in total. The zero-order chi connectivity index (χ0) is 12.7. The SMILES string of the molecule is Cc1cc(C)nc(N2Cc3ccccc3C2C)n1. The van der Waals surface area contributed by atoms with Crippen LogP contribution in [-0.4, -0.2) is 9.97 Å². The number of anilines is 1. The van der Waals surface area contributed by atoms with Gasteiger partial charge in [0.15, 0.2) is 0 Å². The highest BCUT2D eigenvalue weighted by Crippen LogP contribution is 2.35. The minimum Gasteiger partial charge on any atom is -0.330 e. The monoisotopic (exact) mass is 239 g/mol. The molecular weight excluding hydrogens is 222 g/mol. The van der Waals surface area contributed by atoms with Gasteiger partial charge in [0.05, 0.1) is 6.04 Å². The van der Waals surface area contributed by atoms with Gasteiger partial charge in [-0.1, -0.05) is 24.3 Å². The molecule has 1 aliphatic rings. The molecule has 0 radical (unpaired) electrons. The van der Waals surface area contributed by atoms with Crippen LogP contribution in [0.1, 0.15) is 35.5 Å². The molecule has 92 valence electrons. The first-order valence-electron chi connectivity index (χ1n) is 6.32. The third-order valence-corrected chi connectivity index (χ3v) is 3.54. The fraction of sp³-hybridized carbons (Fsp3) is 0.333. The maximum absolute atomic E-state index is 4.56. The van der Waals surface area contributed by atoms with Gasteiger partial charge in [0, 0.05) is 17.9 Å². The Kier molecular flexibility index (Phi) is 2.54. The van der Waals surface area contributed by atoms with Crippen LogP contribution in [0, 0.1) is 13.8 Å². The van der Waals surface area contributed by atoms with E-state index in [0.717, 1.165) is 23.9 Å². The Hall–Kier alpha value is -1.90. The van der Waals surface area contributed by atoms with Crippen LogP contribution in [0.15, 0.2) is 30.3 Å². The zero-order valence-corrected chi connectivity index (χ0v) is 11.0. The molecule has 3 heteroatoms. The van der Waals surface area contributed by atoms with E-state index in [-0.39, 0.29) is 0 Å². The number of benzene rings is 1. The molecule has 0 bridgehead atoms. The summed E-state index contributed by atoms with van der Waals surface area (Å²) in [5, 5.41) is 0. The predicted octanol–water partition coefficient (Wildman–Crippen LogP) is 3.17. The summed E-state index contributed by atoms with van der Waals surface area (Å²) in [5.74, 6) is 0.844. The topological polar surface area (TPSA) is 29.0 Å². The van der Waals surface area contributed by atoms with Crippen LogP contribution in [0.5, 0.6) is 0 Å². The third kappa shape index (κ3) is 1.76. The van der Waals surface area contributed by atoms with Crippen molar-refractivity contribution in [3.63, 3.8) is 0 Å². The maximum Gasteiger partial charge on any atom is 0.226 e. The summed E-state index contributed by atoms with van der Waals surface area (Å²) >= 11 is 0. The van der Waals surface area contributed by atoms with Crippen molar-refractivity contribution in [3.05, 3.63) is 52.8 Å². The molecule has 0 N–H and O–H groups in total. The summed E-state index contributed by atoms with van der Waals surface area (Å²) in [4.78, 5) is 11.4. The van der Waals surface area contributed by atoms with Crippen LogP contribution in [0.3, 0.4) is 0 Å². The summed E-state index contributed by atoms with van der Waals surface area (Å²) in [6, 6.07) is 10.9. The molecule has 0 amide bonds. The quantitative estimate of drug-likeness (QED) is 0.765. The van der Waals surface area contributed by atoms with Gasteiger partial charge >= 0.3 is 0 Å². The molecule has 1 aliphatic heterocycles. The minimum atomic E-state index is 0.349. The van der Waals surface area contributed by atoms with Gasteiger partial charge in [-0.15, -0.1) is 0 Å². The highest BCUT2D eigenvalue weighted by molar-refractivity contribution is 5.47. The van der Waals surface area contributed by atoms with E-state index >= 15 is 0 Å². The lowest BCUT2D eigenvalue weighted by molar-refractivity contribution is 0.701. The number of fused-ring (bicyclic) bond motifs is 1. The number of aromatic nitrogens is 2. The number of hydrogen-bond donors (Lipinski definition) is 0. The van der Waals surface area contributed by atoms with Crippen molar-refractivity contribution in [2.45, 2.75) is 33.4 Å². The number of hydrogen-bond acceptors (Lipinski definition) is 3. The first-order valence-corrected chi connectivity index (χ1v) is 6.32. The van der Waals surface area contributed by atoms with E-state index in [9.17, 15) is 0 Å². The van der Waals surface area contributed by atoms with Gasteiger partial charge in [-0.3, -0.25) is 0 Å². The van der Waals surface area contributed by atoms with Gasteiger partial charge in [-0.05, 0) is 38.0 Å². The van der Waals surface area contributed by atoms with Crippen molar-refractivity contribution in [2.24, 2.45) is 0 Å². The first kappa shape index (κ1) is 11.2. The van der Waals surface area contributed by atoms with Crippen molar-refractivity contribution in [2.75, 3.05) is 4.90 Å². The summed E-state index contributed by atoms with van der Waals surface area (Å²) in [6.45, 7) is 7.16. The fourth-order valence-corrected chi connectivity index (χ4v) is 2.65. The molecule has 0 spiro atoms. The molecule has 0 aliphatic carbocycles. The lowest BCUT2D eigenvalue weighted by atomic mass is 10.1. The average Bonchev–Trinajstić information content (AvgIpc) is 2.66. The lowest BCUT2D eigenvalue weighted by Gasteiger charge is -2.22. The smallest absolute Gasteiger partial charge is 0.226 e. The van der Waals surface area contributed by atoms with E-state index in [4.69, 9.17) is 0 Å².